The minimum Gasteiger partial charge on any atom is -0.289 e. The van der Waals surface area contributed by atoms with Gasteiger partial charge in [-0.1, -0.05) is 54.6 Å². The molecule has 20 heavy (non-hydrogen) atoms. The average Bonchev–Trinajstić information content (AvgIpc) is 2.47. The first-order chi connectivity index (χ1) is 9.75. The van der Waals surface area contributed by atoms with Crippen molar-refractivity contribution in [1.82, 2.24) is 0 Å². The van der Waals surface area contributed by atoms with Gasteiger partial charge in [0.05, 0.1) is 0 Å². The van der Waals surface area contributed by atoms with Crippen molar-refractivity contribution in [3.05, 3.63) is 82.4 Å². The Balaban J connectivity index is 2.10. The molecule has 0 saturated heterocycles. The van der Waals surface area contributed by atoms with Gasteiger partial charge in [0.25, 0.3) is 0 Å². The van der Waals surface area contributed by atoms with E-state index in [-0.39, 0.29) is 5.78 Å². The van der Waals surface area contributed by atoms with E-state index in [2.05, 4.69) is 24.3 Å². The highest BCUT2D eigenvalue weighted by Gasteiger charge is 2.25. The summed E-state index contributed by atoms with van der Waals surface area (Å²) in [4.78, 5) is 12.8. The van der Waals surface area contributed by atoms with Crippen LogP contribution in [0, 0.1) is 6.92 Å². The molecular weight excluding hydrogens is 244 g/mol. The fourth-order valence-corrected chi connectivity index (χ4v) is 3.30. The first-order valence-corrected chi connectivity index (χ1v) is 6.89. The standard InChI is InChI=1S/C19H14O/c1-12-10-13-6-2-4-8-15(13)17-11-14-7-3-5-9-16(14)19(20)18(12)17/h2-10H,11H2,1H3. The molecule has 0 atom stereocenters. The summed E-state index contributed by atoms with van der Waals surface area (Å²) in [7, 11) is 0. The number of rotatable bonds is 0. The summed E-state index contributed by atoms with van der Waals surface area (Å²) in [6.45, 7) is 2.04. The van der Waals surface area contributed by atoms with Gasteiger partial charge in [0.2, 0.25) is 0 Å². The van der Waals surface area contributed by atoms with Crippen LogP contribution in [0.3, 0.4) is 0 Å². The minimum absolute atomic E-state index is 0.171. The first kappa shape index (κ1) is 11.4. The molecule has 96 valence electrons. The highest BCUT2D eigenvalue weighted by Crippen LogP contribution is 2.34. The highest BCUT2D eigenvalue weighted by molar-refractivity contribution is 6.15. The van der Waals surface area contributed by atoms with Crippen LogP contribution in [-0.4, -0.2) is 5.78 Å². The molecule has 1 aliphatic rings. The smallest absolute Gasteiger partial charge is 0.193 e. The van der Waals surface area contributed by atoms with Crippen LogP contribution in [0.1, 0.15) is 32.6 Å². The monoisotopic (exact) mass is 258 g/mol. The summed E-state index contributed by atoms with van der Waals surface area (Å²) in [5.41, 5.74) is 5.17. The van der Waals surface area contributed by atoms with E-state index in [0.29, 0.717) is 0 Å². The van der Waals surface area contributed by atoms with Crippen LogP contribution < -0.4 is 0 Å². The molecule has 1 heteroatoms. The first-order valence-electron chi connectivity index (χ1n) is 6.89. The van der Waals surface area contributed by atoms with Crippen LogP contribution in [0.4, 0.5) is 0 Å². The number of hydrogen-bond donors (Lipinski definition) is 0. The lowest BCUT2D eigenvalue weighted by Crippen LogP contribution is -2.16. The van der Waals surface area contributed by atoms with Crippen LogP contribution in [0.25, 0.3) is 10.8 Å². The van der Waals surface area contributed by atoms with Crippen molar-refractivity contribution >= 4 is 16.6 Å². The van der Waals surface area contributed by atoms with Gasteiger partial charge < -0.3 is 0 Å². The van der Waals surface area contributed by atoms with Gasteiger partial charge in [0.15, 0.2) is 5.78 Å². The fraction of sp³-hybridized carbons (Fsp3) is 0.105. The Labute approximate surface area is 117 Å². The fourth-order valence-electron chi connectivity index (χ4n) is 3.30. The van der Waals surface area contributed by atoms with E-state index in [9.17, 15) is 4.79 Å². The van der Waals surface area contributed by atoms with Crippen LogP contribution >= 0.6 is 0 Å². The number of hydrogen-bond acceptors (Lipinski definition) is 1. The predicted molar refractivity (Wildman–Crippen MR) is 81.4 cm³/mol. The SMILES string of the molecule is Cc1cc2ccccc2c2c1C(=O)c1ccccc1C2. The van der Waals surface area contributed by atoms with Crippen LogP contribution in [0.5, 0.6) is 0 Å². The maximum Gasteiger partial charge on any atom is 0.193 e. The molecule has 1 nitrogen and oxygen atoms in total. The predicted octanol–water partition coefficient (Wildman–Crippen LogP) is 4.28. The Morgan fingerprint density at radius 3 is 2.60 bits per heavy atom. The summed E-state index contributed by atoms with van der Waals surface area (Å²) in [6.07, 6.45) is 0.847. The van der Waals surface area contributed by atoms with Gasteiger partial charge in [-0.05, 0) is 40.8 Å². The highest BCUT2D eigenvalue weighted by atomic mass is 16.1. The topological polar surface area (TPSA) is 17.1 Å². The van der Waals surface area contributed by atoms with Crippen LogP contribution in [0.15, 0.2) is 54.6 Å². The minimum atomic E-state index is 0.171. The molecule has 1 aliphatic carbocycles. The summed E-state index contributed by atoms with van der Waals surface area (Å²) < 4.78 is 0. The molecule has 0 saturated carbocycles. The molecule has 0 aliphatic heterocycles. The number of fused-ring (bicyclic) bond motifs is 4. The molecule has 0 unspecified atom stereocenters. The van der Waals surface area contributed by atoms with Crippen LogP contribution in [0.2, 0.25) is 0 Å². The molecule has 3 aromatic carbocycles. The molecule has 0 bridgehead atoms. The van der Waals surface area contributed by atoms with Gasteiger partial charge in [0.1, 0.15) is 0 Å². The maximum absolute atomic E-state index is 12.8. The Morgan fingerprint density at radius 2 is 1.70 bits per heavy atom. The maximum atomic E-state index is 12.8. The van der Waals surface area contributed by atoms with Gasteiger partial charge in [-0.2, -0.15) is 0 Å². The Kier molecular flexibility index (Phi) is 2.31. The Morgan fingerprint density at radius 1 is 0.950 bits per heavy atom. The molecule has 0 heterocycles. The zero-order valence-electron chi connectivity index (χ0n) is 11.3. The molecule has 0 amide bonds. The molecular formula is C19H14O. The number of ketones is 1. The van der Waals surface area contributed by atoms with Crippen molar-refractivity contribution in [3.8, 4) is 0 Å². The molecule has 0 radical (unpaired) electrons. The van der Waals surface area contributed by atoms with Gasteiger partial charge in [-0.25, -0.2) is 0 Å². The van der Waals surface area contributed by atoms with Crippen molar-refractivity contribution in [2.45, 2.75) is 13.3 Å². The second kappa shape index (κ2) is 4.04. The van der Waals surface area contributed by atoms with Crippen LogP contribution in [-0.2, 0) is 6.42 Å². The summed E-state index contributed by atoms with van der Waals surface area (Å²) in [5, 5.41) is 2.42. The second-order valence-corrected chi connectivity index (χ2v) is 5.43. The van der Waals surface area contributed by atoms with E-state index in [0.717, 1.165) is 28.7 Å². The number of carbonyl (C=O) groups excluding carboxylic acids is 1. The summed E-state index contributed by atoms with van der Waals surface area (Å²) in [5.74, 6) is 0.171. The Hall–Kier alpha value is -2.41. The van der Waals surface area contributed by atoms with Gasteiger partial charge in [-0.3, -0.25) is 4.79 Å². The Bertz CT molecular complexity index is 859. The molecule has 0 N–H and O–H groups in total. The van der Waals surface area contributed by atoms with E-state index >= 15 is 0 Å². The zero-order valence-corrected chi connectivity index (χ0v) is 11.3. The lowest BCUT2D eigenvalue weighted by molar-refractivity contribution is 0.103. The van der Waals surface area contributed by atoms with Gasteiger partial charge in [0, 0.05) is 11.1 Å². The van der Waals surface area contributed by atoms with Crippen molar-refractivity contribution in [1.29, 1.82) is 0 Å². The van der Waals surface area contributed by atoms with E-state index in [1.807, 2.05) is 37.3 Å². The summed E-state index contributed by atoms with van der Waals surface area (Å²) in [6, 6.07) is 18.4. The van der Waals surface area contributed by atoms with E-state index < -0.39 is 0 Å². The molecule has 4 rings (SSSR count). The number of carbonyl (C=O) groups is 1. The number of aryl methyl sites for hydroxylation is 1. The lowest BCUT2D eigenvalue weighted by Gasteiger charge is -2.22. The third kappa shape index (κ3) is 1.47. The zero-order chi connectivity index (χ0) is 13.7. The average molecular weight is 258 g/mol. The number of benzene rings is 3. The molecule has 0 fully saturated rings. The largest absolute Gasteiger partial charge is 0.289 e. The third-order valence-electron chi connectivity index (χ3n) is 4.21. The van der Waals surface area contributed by atoms with Crippen molar-refractivity contribution in [2.75, 3.05) is 0 Å². The van der Waals surface area contributed by atoms with Crippen molar-refractivity contribution in [2.24, 2.45) is 0 Å². The third-order valence-corrected chi connectivity index (χ3v) is 4.21. The van der Waals surface area contributed by atoms with Gasteiger partial charge in [-0.15, -0.1) is 0 Å². The normalized spacial score (nSPS) is 13.2. The second-order valence-electron chi connectivity index (χ2n) is 5.43. The lowest BCUT2D eigenvalue weighted by atomic mass is 9.80. The van der Waals surface area contributed by atoms with Crippen molar-refractivity contribution < 1.29 is 4.79 Å². The van der Waals surface area contributed by atoms with Crippen molar-refractivity contribution in [3.63, 3.8) is 0 Å². The molecule has 0 spiro atoms. The summed E-state index contributed by atoms with van der Waals surface area (Å²) >= 11 is 0. The van der Waals surface area contributed by atoms with E-state index in [1.54, 1.807) is 0 Å². The molecule has 0 aromatic heterocycles. The van der Waals surface area contributed by atoms with E-state index in [4.69, 9.17) is 0 Å². The quantitative estimate of drug-likeness (QED) is 0.460. The van der Waals surface area contributed by atoms with E-state index in [1.165, 1.54) is 16.3 Å². The van der Waals surface area contributed by atoms with Gasteiger partial charge >= 0.3 is 0 Å². The molecule has 3 aromatic rings.